The molecule has 1 aromatic heterocycles. The lowest BCUT2D eigenvalue weighted by Gasteiger charge is -2.31. The van der Waals surface area contributed by atoms with Gasteiger partial charge in [0.05, 0.1) is 22.6 Å². The van der Waals surface area contributed by atoms with Crippen molar-refractivity contribution in [3.05, 3.63) is 171 Å². The van der Waals surface area contributed by atoms with Crippen molar-refractivity contribution in [2.45, 2.75) is 134 Å². The number of nitrogens with zero attached hydrogens (tertiary/aromatic N) is 6. The van der Waals surface area contributed by atoms with Crippen molar-refractivity contribution in [1.82, 2.24) is 20.2 Å². The Labute approximate surface area is 485 Å². The Morgan fingerprint density at radius 2 is 1.45 bits per heavy atom. The summed E-state index contributed by atoms with van der Waals surface area (Å²) in [5.74, 6) is -2.23. The zero-order valence-electron chi connectivity index (χ0n) is 46.9. The summed E-state index contributed by atoms with van der Waals surface area (Å²) in [6, 6.07) is 32.8. The quantitative estimate of drug-likeness (QED) is 0.0523. The van der Waals surface area contributed by atoms with E-state index in [1.54, 1.807) is 86.6 Å². The second-order valence-electron chi connectivity index (χ2n) is 21.1. The zero-order valence-corrected chi connectivity index (χ0v) is 48.4. The van der Waals surface area contributed by atoms with E-state index in [1.807, 2.05) is 24.4 Å². The lowest BCUT2D eigenvalue weighted by molar-refractivity contribution is -0.167. The highest BCUT2D eigenvalue weighted by molar-refractivity contribution is 7.98. The number of hydrogen-bond acceptors (Lipinski definition) is 11. The first-order chi connectivity index (χ1) is 39.2. The highest BCUT2D eigenvalue weighted by atomic mass is 35.5. The van der Waals surface area contributed by atoms with Crippen LogP contribution in [0.2, 0.25) is 5.02 Å². The van der Waals surface area contributed by atoms with E-state index in [-0.39, 0.29) is 55.8 Å². The number of alkyl halides is 6. The van der Waals surface area contributed by atoms with Crippen LogP contribution < -0.4 is 29.9 Å². The summed E-state index contributed by atoms with van der Waals surface area (Å²) in [5.41, 5.74) is 3.19. The Balaban J connectivity index is 1.03. The number of rotatable bonds is 21. The monoisotopic (exact) mass is 1180 g/mol. The summed E-state index contributed by atoms with van der Waals surface area (Å²) in [6.07, 6.45) is -11.4. The second kappa shape index (κ2) is 24.9. The molecule has 0 bridgehead atoms. The van der Waals surface area contributed by atoms with Crippen LogP contribution in [0.1, 0.15) is 120 Å². The molecule has 0 aliphatic carbocycles. The van der Waals surface area contributed by atoms with E-state index < -0.39 is 53.9 Å². The van der Waals surface area contributed by atoms with Crippen LogP contribution in [0.5, 0.6) is 17.2 Å². The van der Waals surface area contributed by atoms with Gasteiger partial charge in [-0.3, -0.25) is 14.4 Å². The minimum absolute atomic E-state index is 0.0399. The van der Waals surface area contributed by atoms with Gasteiger partial charge in [0.2, 0.25) is 11.3 Å². The van der Waals surface area contributed by atoms with Crippen LogP contribution in [0, 0.1) is 6.92 Å². The Morgan fingerprint density at radius 1 is 0.759 bits per heavy atom. The summed E-state index contributed by atoms with van der Waals surface area (Å²) in [4.78, 5) is 40.8. The third-order valence-electron chi connectivity index (χ3n) is 14.6. The van der Waals surface area contributed by atoms with E-state index in [2.05, 4.69) is 68.5 Å². The van der Waals surface area contributed by atoms with E-state index in [4.69, 9.17) is 30.9 Å². The maximum Gasteiger partial charge on any atom is 0.471 e. The van der Waals surface area contributed by atoms with Gasteiger partial charge in [-0.15, -0.1) is 5.10 Å². The van der Waals surface area contributed by atoms with Crippen molar-refractivity contribution < 1.29 is 54.9 Å². The molecule has 0 saturated carbocycles. The molecule has 1 aliphatic rings. The van der Waals surface area contributed by atoms with Crippen LogP contribution in [-0.2, 0) is 37.1 Å². The summed E-state index contributed by atoms with van der Waals surface area (Å²) >= 11 is 7.50. The molecule has 6 aromatic carbocycles. The Morgan fingerprint density at radius 3 is 2.12 bits per heavy atom. The molecule has 3 amide bonds. The Kier molecular flexibility index (Phi) is 18.3. The molecular formula is C61H61ClF6N8O6S. The van der Waals surface area contributed by atoms with Gasteiger partial charge >= 0.3 is 18.3 Å². The van der Waals surface area contributed by atoms with Gasteiger partial charge in [0, 0.05) is 33.2 Å². The normalized spacial score (nSPS) is 14.7. The first-order valence-corrected chi connectivity index (χ1v) is 28.0. The molecule has 1 aliphatic heterocycles. The summed E-state index contributed by atoms with van der Waals surface area (Å²) < 4.78 is 103. The van der Waals surface area contributed by atoms with Gasteiger partial charge in [-0.05, 0) is 144 Å². The van der Waals surface area contributed by atoms with Gasteiger partial charge in [0.15, 0.2) is 6.10 Å². The van der Waals surface area contributed by atoms with E-state index in [1.165, 1.54) is 34.6 Å². The second-order valence-corrected chi connectivity index (χ2v) is 22.5. The fourth-order valence-electron chi connectivity index (χ4n) is 8.94. The molecule has 3 atom stereocenters. The molecule has 3 unspecified atom stereocenters. The van der Waals surface area contributed by atoms with Gasteiger partial charge in [-0.25, -0.2) is 0 Å². The topological polar surface area (TPSA) is 162 Å². The van der Waals surface area contributed by atoms with Gasteiger partial charge in [-0.1, -0.05) is 126 Å². The number of anilines is 3. The molecule has 0 saturated heterocycles. The minimum Gasteiger partial charge on any atom is -0.486 e. The molecular weight excluding hydrogens is 1120 g/mol. The van der Waals surface area contributed by atoms with Crippen molar-refractivity contribution in [2.24, 2.45) is 5.10 Å². The summed E-state index contributed by atoms with van der Waals surface area (Å²) in [6.45, 7) is 18.1. The minimum atomic E-state index is -5.09. The zero-order chi connectivity index (χ0) is 60.2. The summed E-state index contributed by atoms with van der Waals surface area (Å²) in [5, 5.41) is 23.0. The number of carbonyl (C=O) groups is 3. The van der Waals surface area contributed by atoms with Gasteiger partial charge in [-0.2, -0.15) is 41.1 Å². The Bertz CT molecular complexity index is 3550. The van der Waals surface area contributed by atoms with Crippen LogP contribution in [0.25, 0.3) is 5.69 Å². The molecule has 0 spiro atoms. The lowest BCUT2D eigenvalue weighted by Crippen LogP contribution is -2.38. The number of aryl methyl sites for hydroxylation is 1. The lowest BCUT2D eigenvalue weighted by atomic mass is 9.76. The number of hydrogen-bond donors (Lipinski definition) is 2. The third-order valence-corrected chi connectivity index (χ3v) is 15.8. The van der Waals surface area contributed by atoms with Crippen molar-refractivity contribution in [3.8, 4) is 22.9 Å². The average molecular weight is 1180 g/mol. The Hall–Kier alpha value is -7.91. The van der Waals surface area contributed by atoms with Crippen LogP contribution in [0.4, 0.5) is 43.4 Å². The number of para-hydroxylation sites is 2. The first kappa shape index (κ1) is 61.2. The third kappa shape index (κ3) is 14.1. The van der Waals surface area contributed by atoms with Crippen LogP contribution in [0.15, 0.2) is 138 Å². The van der Waals surface area contributed by atoms with Gasteiger partial charge in [0.1, 0.15) is 29.1 Å². The predicted molar refractivity (Wildman–Crippen MR) is 308 cm³/mol. The van der Waals surface area contributed by atoms with Crippen LogP contribution in [-0.4, -0.2) is 62.0 Å². The predicted octanol–water partition coefficient (Wildman–Crippen LogP) is 14.9. The number of nitrogens with one attached hydrogen (secondary N) is 2. The summed E-state index contributed by atoms with van der Waals surface area (Å²) in [7, 11) is 0. The van der Waals surface area contributed by atoms with Gasteiger partial charge < -0.3 is 24.8 Å². The molecule has 436 valence electrons. The smallest absolute Gasteiger partial charge is 0.471 e. The van der Waals surface area contributed by atoms with Gasteiger partial charge in [0.25, 0.3) is 11.8 Å². The number of thioether (sulfide) groups is 1. The number of ether oxygens (including phenoxy) is 3. The first-order valence-electron chi connectivity index (χ1n) is 26.6. The number of hydrazone groups is 1. The van der Waals surface area contributed by atoms with Crippen molar-refractivity contribution in [2.75, 3.05) is 15.6 Å². The van der Waals surface area contributed by atoms with Crippen molar-refractivity contribution >= 4 is 63.9 Å². The number of benzene rings is 6. The number of aromatic nitrogens is 4. The molecule has 14 nitrogen and oxygen atoms in total. The molecule has 2 heterocycles. The number of halogens is 7. The fraction of sp³-hybridized carbons (Fsp3) is 0.328. The fourth-order valence-corrected chi connectivity index (χ4v) is 9.90. The molecule has 8 rings (SSSR count). The van der Waals surface area contributed by atoms with E-state index >= 15 is 0 Å². The molecule has 0 radical (unpaired) electrons. The SMILES string of the molecule is CCC(Oc1ccc(C(C)(C)CC)cc1C(C)(C)CC)C(=O)Nc1ccccc1N1N=C(c2ccc(Cl)cc2)C(Oc2ccc(C(F)(F)F)cc2C(C)Oc2ccc(CSc3nnnn3-c3cccc(NC(=O)C(F)(F)F)c3)cc2C)C1=O. The standard InChI is InChI=1S/C61H61ClF6N8O6S/c1-10-48(81-51-29-23-39(58(6,7)11-2)32-45(51)59(8,9)12-3)54(77)70-46-18-13-14-19-47(46)76-55(78)53(52(72-76)38-21-25-41(62)26-22-38)82-50-28-24-40(60(63,64)65)31-44(50)36(5)80-49-27-20-37(30-35(49)4)34-83-57-71-73-74-75(57)43-17-15-16-42(33-43)69-56(79)61(66,67)68/h13-33,36,48,53H,10-12,34H2,1-9H3,(H,69,79)(H,70,77). The van der Waals surface area contributed by atoms with E-state index in [0.717, 1.165) is 52.7 Å². The van der Waals surface area contributed by atoms with E-state index in [9.17, 15) is 40.7 Å². The molecule has 83 heavy (non-hydrogen) atoms. The van der Waals surface area contributed by atoms with E-state index in [0.29, 0.717) is 39.8 Å². The van der Waals surface area contributed by atoms with Crippen LogP contribution >= 0.6 is 23.4 Å². The highest BCUT2D eigenvalue weighted by Crippen LogP contribution is 2.42. The maximum atomic E-state index is 14.9. The number of amides is 3. The largest absolute Gasteiger partial charge is 0.486 e. The molecule has 22 heteroatoms. The van der Waals surface area contributed by atoms with Crippen molar-refractivity contribution in [3.63, 3.8) is 0 Å². The average Bonchev–Trinajstić information content (AvgIpc) is 3.23. The van der Waals surface area contributed by atoms with Crippen molar-refractivity contribution in [1.29, 1.82) is 0 Å². The molecule has 2 N–H and O–H groups in total. The number of tetrazole rings is 1. The maximum absolute atomic E-state index is 14.9. The molecule has 7 aromatic rings. The number of carbonyl (C=O) groups excluding carboxylic acids is 3. The highest BCUT2D eigenvalue weighted by Gasteiger charge is 2.42. The molecule has 0 fully saturated rings. The van der Waals surface area contributed by atoms with Crippen LogP contribution in [0.3, 0.4) is 0 Å².